The largest absolute Gasteiger partial charge is 0.480 e. The zero-order valence-corrected chi connectivity index (χ0v) is 13.0. The van der Waals surface area contributed by atoms with Crippen LogP contribution in [-0.2, 0) is 4.79 Å². The number of aromatic nitrogens is 3. The van der Waals surface area contributed by atoms with Crippen LogP contribution in [0.2, 0.25) is 0 Å². The molecular weight excluding hydrogens is 292 g/mol. The minimum atomic E-state index is -0.116. The van der Waals surface area contributed by atoms with Crippen LogP contribution in [0.5, 0.6) is 5.88 Å². The third-order valence-electron chi connectivity index (χ3n) is 3.86. The van der Waals surface area contributed by atoms with E-state index < -0.39 is 0 Å². The van der Waals surface area contributed by atoms with Gasteiger partial charge in [0.1, 0.15) is 0 Å². The number of methoxy groups -OCH3 is 1. The second kappa shape index (κ2) is 6.48. The number of H-pyrrole nitrogens is 1. The number of carbonyl (C=O) groups is 1. The first-order chi connectivity index (χ1) is 11.2. The molecule has 0 spiro atoms. The number of hydrogen-bond donors (Lipinski definition) is 2. The van der Waals surface area contributed by atoms with Gasteiger partial charge < -0.3 is 10.1 Å². The molecule has 0 unspecified atom stereocenters. The summed E-state index contributed by atoms with van der Waals surface area (Å²) in [6.45, 7) is 0. The summed E-state index contributed by atoms with van der Waals surface area (Å²) in [7, 11) is 3.23. The molecular formula is C17H18N4O2. The molecule has 0 aliphatic heterocycles. The fourth-order valence-corrected chi connectivity index (χ4v) is 2.65. The van der Waals surface area contributed by atoms with E-state index in [9.17, 15) is 4.79 Å². The van der Waals surface area contributed by atoms with Crippen LogP contribution in [-0.4, -0.2) is 35.2 Å². The molecule has 6 heteroatoms. The van der Waals surface area contributed by atoms with Crippen molar-refractivity contribution in [3.63, 3.8) is 0 Å². The Morgan fingerprint density at radius 2 is 2.22 bits per heavy atom. The smallest absolute Gasteiger partial charge is 0.240 e. The van der Waals surface area contributed by atoms with E-state index in [1.165, 1.54) is 0 Å². The van der Waals surface area contributed by atoms with Gasteiger partial charge in [-0.1, -0.05) is 12.1 Å². The maximum atomic E-state index is 11.9. The topological polar surface area (TPSA) is 79.9 Å². The van der Waals surface area contributed by atoms with Crippen molar-refractivity contribution in [1.29, 1.82) is 0 Å². The van der Waals surface area contributed by atoms with Gasteiger partial charge in [0.05, 0.1) is 18.0 Å². The van der Waals surface area contributed by atoms with Crippen LogP contribution in [0.25, 0.3) is 10.9 Å². The molecule has 2 N–H and O–H groups in total. The Balaban J connectivity index is 2.03. The lowest BCUT2D eigenvalue weighted by Gasteiger charge is -2.16. The van der Waals surface area contributed by atoms with E-state index in [0.29, 0.717) is 12.3 Å². The quantitative estimate of drug-likeness (QED) is 0.757. The Morgan fingerprint density at radius 1 is 1.35 bits per heavy atom. The molecule has 1 atom stereocenters. The van der Waals surface area contributed by atoms with Crippen molar-refractivity contribution in [2.24, 2.45) is 0 Å². The number of pyridine rings is 1. The molecule has 118 valence electrons. The number of rotatable bonds is 5. The monoisotopic (exact) mass is 310 g/mol. The number of nitrogens with zero attached hydrogens (tertiary/aromatic N) is 2. The van der Waals surface area contributed by atoms with Crippen molar-refractivity contribution < 1.29 is 9.53 Å². The highest BCUT2D eigenvalue weighted by atomic mass is 16.5. The molecule has 1 amide bonds. The van der Waals surface area contributed by atoms with Crippen LogP contribution >= 0.6 is 0 Å². The summed E-state index contributed by atoms with van der Waals surface area (Å²) in [6.07, 6.45) is 2.08. The van der Waals surface area contributed by atoms with E-state index in [4.69, 9.17) is 4.74 Å². The molecule has 2 heterocycles. The van der Waals surface area contributed by atoms with Crippen LogP contribution < -0.4 is 10.1 Å². The Bertz CT molecular complexity index is 814. The average Bonchev–Trinajstić information content (AvgIpc) is 3.02. The number of nitrogens with one attached hydrogen (secondary N) is 2. The molecule has 0 saturated heterocycles. The second-order valence-corrected chi connectivity index (χ2v) is 5.22. The van der Waals surface area contributed by atoms with E-state index >= 15 is 0 Å². The lowest BCUT2D eigenvalue weighted by Crippen LogP contribution is -2.21. The highest BCUT2D eigenvalue weighted by Gasteiger charge is 2.20. The number of aromatic amines is 1. The van der Waals surface area contributed by atoms with Gasteiger partial charge in [0.2, 0.25) is 11.8 Å². The molecule has 0 aliphatic carbocycles. The normalized spacial score (nSPS) is 12.1. The minimum Gasteiger partial charge on any atom is -0.480 e. The van der Waals surface area contributed by atoms with Gasteiger partial charge in [-0.25, -0.2) is 0 Å². The van der Waals surface area contributed by atoms with Gasteiger partial charge in [0.25, 0.3) is 0 Å². The molecule has 0 aliphatic rings. The van der Waals surface area contributed by atoms with Crippen LogP contribution in [0.4, 0.5) is 0 Å². The molecule has 6 nitrogen and oxygen atoms in total. The summed E-state index contributed by atoms with van der Waals surface area (Å²) < 4.78 is 5.22. The first-order valence-corrected chi connectivity index (χ1v) is 7.36. The lowest BCUT2D eigenvalue weighted by atomic mass is 9.91. The van der Waals surface area contributed by atoms with Crippen molar-refractivity contribution in [2.75, 3.05) is 14.2 Å². The number of carbonyl (C=O) groups excluding carboxylic acids is 1. The Labute approximate surface area is 133 Å². The van der Waals surface area contributed by atoms with Crippen LogP contribution in [0.3, 0.4) is 0 Å². The first-order valence-electron chi connectivity index (χ1n) is 7.36. The van der Waals surface area contributed by atoms with Gasteiger partial charge in [-0.2, -0.15) is 0 Å². The highest BCUT2D eigenvalue weighted by Crippen LogP contribution is 2.31. The van der Waals surface area contributed by atoms with Crippen LogP contribution in [0, 0.1) is 0 Å². The molecule has 1 aromatic carbocycles. The van der Waals surface area contributed by atoms with Gasteiger partial charge in [-0.15, -0.1) is 5.10 Å². The third kappa shape index (κ3) is 3.01. The number of fused-ring (bicyclic) bond motifs is 1. The van der Waals surface area contributed by atoms with E-state index in [2.05, 4.69) is 20.5 Å². The predicted molar refractivity (Wildman–Crippen MR) is 87.4 cm³/mol. The number of amides is 1. The zero-order chi connectivity index (χ0) is 16.2. The maximum Gasteiger partial charge on any atom is 0.240 e. The van der Waals surface area contributed by atoms with Gasteiger partial charge in [0.15, 0.2) is 0 Å². The molecule has 3 rings (SSSR count). The Hall–Kier alpha value is -2.89. The van der Waals surface area contributed by atoms with Crippen molar-refractivity contribution in [3.05, 3.63) is 53.9 Å². The Kier molecular flexibility index (Phi) is 4.23. The summed E-state index contributed by atoms with van der Waals surface area (Å²) in [5, 5.41) is 10.7. The van der Waals surface area contributed by atoms with Crippen LogP contribution in [0.1, 0.15) is 23.6 Å². The van der Waals surface area contributed by atoms with Gasteiger partial charge in [-0.3, -0.25) is 14.9 Å². The summed E-state index contributed by atoms with van der Waals surface area (Å²) in [4.78, 5) is 16.3. The standard InChI is InChI=1S/C17H18N4O2/c1-18-16(22)10-13(14-5-3-4-8-19-14)11-6-7-12-15(9-11)20-21-17(12)23-2/h3-9,13H,10H2,1-2H3,(H,18,22)(H,20,21)/t13-/m0/s1. The van der Waals surface area contributed by atoms with Crippen molar-refractivity contribution >= 4 is 16.8 Å². The number of ether oxygens (including phenoxy) is 1. The van der Waals surface area contributed by atoms with E-state index in [0.717, 1.165) is 22.2 Å². The van der Waals surface area contributed by atoms with Gasteiger partial charge in [-0.05, 0) is 29.8 Å². The van der Waals surface area contributed by atoms with Gasteiger partial charge in [0, 0.05) is 31.3 Å². The van der Waals surface area contributed by atoms with Gasteiger partial charge >= 0.3 is 0 Å². The molecule has 23 heavy (non-hydrogen) atoms. The summed E-state index contributed by atoms with van der Waals surface area (Å²) in [5.41, 5.74) is 2.74. The fourth-order valence-electron chi connectivity index (χ4n) is 2.65. The number of hydrogen-bond acceptors (Lipinski definition) is 4. The zero-order valence-electron chi connectivity index (χ0n) is 13.0. The summed E-state index contributed by atoms with van der Waals surface area (Å²) >= 11 is 0. The predicted octanol–water partition coefficient (Wildman–Crippen LogP) is 2.23. The number of benzene rings is 1. The molecule has 0 saturated carbocycles. The van der Waals surface area contributed by atoms with E-state index in [1.807, 2.05) is 36.4 Å². The van der Waals surface area contributed by atoms with Crippen molar-refractivity contribution in [3.8, 4) is 5.88 Å². The van der Waals surface area contributed by atoms with Crippen LogP contribution in [0.15, 0.2) is 42.6 Å². The maximum absolute atomic E-state index is 11.9. The molecule has 2 aromatic heterocycles. The lowest BCUT2D eigenvalue weighted by molar-refractivity contribution is -0.120. The second-order valence-electron chi connectivity index (χ2n) is 5.22. The molecule has 0 fully saturated rings. The Morgan fingerprint density at radius 3 is 2.91 bits per heavy atom. The summed E-state index contributed by atoms with van der Waals surface area (Å²) in [6, 6.07) is 11.7. The van der Waals surface area contributed by atoms with E-state index in [-0.39, 0.29) is 11.8 Å². The fraction of sp³-hybridized carbons (Fsp3) is 0.235. The van der Waals surface area contributed by atoms with Crippen molar-refractivity contribution in [2.45, 2.75) is 12.3 Å². The average molecular weight is 310 g/mol. The SMILES string of the molecule is CNC(=O)C[C@@H](c1ccc2c(OC)n[nH]c2c1)c1ccccn1. The van der Waals surface area contributed by atoms with E-state index in [1.54, 1.807) is 20.4 Å². The summed E-state index contributed by atoms with van der Waals surface area (Å²) in [5.74, 6) is 0.421. The third-order valence-corrected chi connectivity index (χ3v) is 3.86. The minimum absolute atomic E-state index is 0.0251. The van der Waals surface area contributed by atoms with Crippen molar-refractivity contribution in [1.82, 2.24) is 20.5 Å². The molecule has 3 aromatic rings. The highest BCUT2D eigenvalue weighted by molar-refractivity contribution is 5.85. The molecule has 0 bridgehead atoms. The molecule has 0 radical (unpaired) electrons. The first kappa shape index (κ1) is 15.0.